The van der Waals surface area contributed by atoms with Crippen LogP contribution in [0.4, 0.5) is 0 Å². The van der Waals surface area contributed by atoms with Crippen molar-refractivity contribution in [3.63, 3.8) is 0 Å². The third kappa shape index (κ3) is 4.16. The summed E-state index contributed by atoms with van der Waals surface area (Å²) in [6, 6.07) is 5.64. The van der Waals surface area contributed by atoms with Gasteiger partial charge in [0.15, 0.2) is 0 Å². The summed E-state index contributed by atoms with van der Waals surface area (Å²) in [7, 11) is 0. The van der Waals surface area contributed by atoms with Crippen molar-refractivity contribution in [3.8, 4) is 5.75 Å². The molecule has 0 saturated heterocycles. The SMILES string of the molecule is CCOc1ccc(Cl)cc1CC(C)C(CN)CO. The molecule has 4 heteroatoms. The third-order valence-electron chi connectivity index (χ3n) is 3.21. The molecule has 0 aliphatic heterocycles. The van der Waals surface area contributed by atoms with Gasteiger partial charge in [0.05, 0.1) is 6.61 Å². The monoisotopic (exact) mass is 271 g/mol. The van der Waals surface area contributed by atoms with Crippen molar-refractivity contribution in [2.45, 2.75) is 20.3 Å². The number of rotatable bonds is 7. The number of nitrogens with two attached hydrogens (primary N) is 1. The predicted molar refractivity (Wildman–Crippen MR) is 75.1 cm³/mol. The predicted octanol–water partition coefficient (Wildman–Crippen LogP) is 2.48. The van der Waals surface area contributed by atoms with Gasteiger partial charge >= 0.3 is 0 Å². The third-order valence-corrected chi connectivity index (χ3v) is 3.44. The van der Waals surface area contributed by atoms with Crippen LogP contribution in [-0.2, 0) is 6.42 Å². The first-order chi connectivity index (χ1) is 8.62. The van der Waals surface area contributed by atoms with E-state index in [4.69, 9.17) is 22.1 Å². The molecular weight excluding hydrogens is 250 g/mol. The lowest BCUT2D eigenvalue weighted by Crippen LogP contribution is -2.26. The number of halogens is 1. The molecule has 1 aromatic carbocycles. The molecule has 3 nitrogen and oxygen atoms in total. The fraction of sp³-hybridized carbons (Fsp3) is 0.571. The van der Waals surface area contributed by atoms with Crippen LogP contribution >= 0.6 is 11.6 Å². The topological polar surface area (TPSA) is 55.5 Å². The zero-order valence-corrected chi connectivity index (χ0v) is 11.8. The van der Waals surface area contributed by atoms with Crippen LogP contribution in [0.3, 0.4) is 0 Å². The van der Waals surface area contributed by atoms with Gasteiger partial charge in [0.25, 0.3) is 0 Å². The van der Waals surface area contributed by atoms with Crippen molar-refractivity contribution in [2.75, 3.05) is 19.8 Å². The number of aliphatic hydroxyl groups is 1. The van der Waals surface area contributed by atoms with E-state index in [1.807, 2.05) is 25.1 Å². The van der Waals surface area contributed by atoms with E-state index in [2.05, 4.69) is 6.92 Å². The van der Waals surface area contributed by atoms with Crippen LogP contribution in [0.5, 0.6) is 5.75 Å². The van der Waals surface area contributed by atoms with Crippen LogP contribution in [0.2, 0.25) is 5.02 Å². The molecule has 0 aliphatic rings. The maximum atomic E-state index is 9.26. The van der Waals surface area contributed by atoms with Crippen LogP contribution < -0.4 is 10.5 Å². The first kappa shape index (κ1) is 15.3. The second kappa shape index (κ2) is 7.62. The van der Waals surface area contributed by atoms with Gasteiger partial charge in [0.1, 0.15) is 5.75 Å². The maximum absolute atomic E-state index is 9.26. The Bertz CT molecular complexity index is 367. The minimum atomic E-state index is 0.110. The molecule has 0 fully saturated rings. The standard InChI is InChI=1S/C14H22ClNO2/c1-3-18-14-5-4-13(15)7-11(14)6-10(2)12(8-16)9-17/h4-5,7,10,12,17H,3,6,8-9,16H2,1-2H3. The Morgan fingerprint density at radius 1 is 1.44 bits per heavy atom. The molecule has 1 aromatic rings. The van der Waals surface area contributed by atoms with E-state index >= 15 is 0 Å². The highest BCUT2D eigenvalue weighted by Gasteiger charge is 2.17. The van der Waals surface area contributed by atoms with Gasteiger partial charge in [-0.3, -0.25) is 0 Å². The molecule has 0 saturated carbocycles. The molecule has 0 spiro atoms. The van der Waals surface area contributed by atoms with Crippen LogP contribution in [0.15, 0.2) is 18.2 Å². The molecule has 0 heterocycles. The van der Waals surface area contributed by atoms with Gasteiger partial charge in [-0.05, 0) is 55.5 Å². The molecule has 2 unspecified atom stereocenters. The summed E-state index contributed by atoms with van der Waals surface area (Å²) < 4.78 is 5.59. The van der Waals surface area contributed by atoms with Crippen LogP contribution in [0, 0.1) is 11.8 Å². The summed E-state index contributed by atoms with van der Waals surface area (Å²) in [5.74, 6) is 1.26. The van der Waals surface area contributed by atoms with Crippen molar-refractivity contribution in [3.05, 3.63) is 28.8 Å². The summed E-state index contributed by atoms with van der Waals surface area (Å²) in [6.45, 7) is 5.27. The van der Waals surface area contributed by atoms with Crippen molar-refractivity contribution < 1.29 is 9.84 Å². The highest BCUT2D eigenvalue weighted by atomic mass is 35.5. The molecule has 102 valence electrons. The normalized spacial score (nSPS) is 14.3. The Kier molecular flexibility index (Phi) is 6.47. The maximum Gasteiger partial charge on any atom is 0.122 e. The van der Waals surface area contributed by atoms with Gasteiger partial charge in [-0.25, -0.2) is 0 Å². The van der Waals surface area contributed by atoms with E-state index in [0.29, 0.717) is 18.2 Å². The average Bonchev–Trinajstić information content (AvgIpc) is 2.34. The van der Waals surface area contributed by atoms with Gasteiger partial charge in [-0.2, -0.15) is 0 Å². The van der Waals surface area contributed by atoms with Crippen molar-refractivity contribution >= 4 is 11.6 Å². The molecule has 3 N–H and O–H groups in total. The van der Waals surface area contributed by atoms with E-state index in [9.17, 15) is 5.11 Å². The van der Waals surface area contributed by atoms with Crippen LogP contribution in [0.1, 0.15) is 19.4 Å². The molecule has 18 heavy (non-hydrogen) atoms. The Morgan fingerprint density at radius 2 is 2.17 bits per heavy atom. The molecular formula is C14H22ClNO2. The Morgan fingerprint density at radius 3 is 2.72 bits per heavy atom. The van der Waals surface area contributed by atoms with Gasteiger partial charge < -0.3 is 15.6 Å². The lowest BCUT2D eigenvalue weighted by atomic mass is 9.88. The average molecular weight is 272 g/mol. The first-order valence-electron chi connectivity index (χ1n) is 6.34. The van der Waals surface area contributed by atoms with Gasteiger partial charge in [-0.1, -0.05) is 18.5 Å². The first-order valence-corrected chi connectivity index (χ1v) is 6.72. The molecule has 0 aliphatic carbocycles. The minimum Gasteiger partial charge on any atom is -0.494 e. The summed E-state index contributed by atoms with van der Waals surface area (Å²) in [6.07, 6.45) is 0.804. The summed E-state index contributed by atoms with van der Waals surface area (Å²) in [5.41, 5.74) is 6.72. The fourth-order valence-corrected chi connectivity index (χ4v) is 2.20. The molecule has 0 amide bonds. The van der Waals surface area contributed by atoms with Gasteiger partial charge in [0.2, 0.25) is 0 Å². The summed E-state index contributed by atoms with van der Waals surface area (Å²) >= 11 is 6.02. The Labute approximate surface area is 114 Å². The smallest absolute Gasteiger partial charge is 0.122 e. The highest BCUT2D eigenvalue weighted by molar-refractivity contribution is 6.30. The van der Waals surface area contributed by atoms with E-state index < -0.39 is 0 Å². The number of hydrogen-bond acceptors (Lipinski definition) is 3. The van der Waals surface area contributed by atoms with Gasteiger partial charge in [-0.15, -0.1) is 0 Å². The lowest BCUT2D eigenvalue weighted by Gasteiger charge is -2.21. The fourth-order valence-electron chi connectivity index (χ4n) is 2.00. The Hall–Kier alpha value is -0.770. The molecule has 0 bridgehead atoms. The second-order valence-corrected chi connectivity index (χ2v) is 4.98. The second-order valence-electron chi connectivity index (χ2n) is 4.54. The number of aliphatic hydroxyl groups excluding tert-OH is 1. The van der Waals surface area contributed by atoms with E-state index in [-0.39, 0.29) is 18.4 Å². The van der Waals surface area contributed by atoms with Crippen LogP contribution in [0.25, 0.3) is 0 Å². The zero-order valence-electron chi connectivity index (χ0n) is 11.0. The quantitative estimate of drug-likeness (QED) is 0.801. The molecule has 1 rings (SSSR count). The Balaban J connectivity index is 2.84. The highest BCUT2D eigenvalue weighted by Crippen LogP contribution is 2.27. The van der Waals surface area contributed by atoms with Crippen molar-refractivity contribution in [1.82, 2.24) is 0 Å². The summed E-state index contributed by atoms with van der Waals surface area (Å²) in [4.78, 5) is 0. The van der Waals surface area contributed by atoms with E-state index in [1.165, 1.54) is 0 Å². The number of benzene rings is 1. The minimum absolute atomic E-state index is 0.110. The zero-order chi connectivity index (χ0) is 13.5. The molecule has 2 atom stereocenters. The van der Waals surface area contributed by atoms with Crippen LogP contribution in [-0.4, -0.2) is 24.9 Å². The number of ether oxygens (including phenoxy) is 1. The molecule has 0 radical (unpaired) electrons. The lowest BCUT2D eigenvalue weighted by molar-refractivity contribution is 0.186. The largest absolute Gasteiger partial charge is 0.494 e. The number of hydrogen-bond donors (Lipinski definition) is 2. The van der Waals surface area contributed by atoms with Gasteiger partial charge in [0, 0.05) is 11.6 Å². The van der Waals surface area contributed by atoms with Crippen molar-refractivity contribution in [1.29, 1.82) is 0 Å². The molecule has 0 aromatic heterocycles. The van der Waals surface area contributed by atoms with E-state index in [0.717, 1.165) is 17.7 Å². The summed E-state index contributed by atoms with van der Waals surface area (Å²) in [5, 5.41) is 9.97. The van der Waals surface area contributed by atoms with Crippen molar-refractivity contribution in [2.24, 2.45) is 17.6 Å². The van der Waals surface area contributed by atoms with E-state index in [1.54, 1.807) is 0 Å².